The zero-order valence-electron chi connectivity index (χ0n) is 19.9. The number of hydrogen-bond donors (Lipinski definition) is 7. The van der Waals surface area contributed by atoms with Crippen LogP contribution in [0.4, 0.5) is 0 Å². The predicted octanol–water partition coefficient (Wildman–Crippen LogP) is -0.394. The highest BCUT2D eigenvalue weighted by atomic mass is 16.4. The summed E-state index contributed by atoms with van der Waals surface area (Å²) in [6.45, 7) is 5.44. The number of aliphatic carboxylic acids is 1. The Hall–Kier alpha value is -3.18. The number of nitrogens with one attached hydrogen (secondary N) is 3. The van der Waals surface area contributed by atoms with Gasteiger partial charge in [0.15, 0.2) is 0 Å². The van der Waals surface area contributed by atoms with Gasteiger partial charge in [-0.05, 0) is 56.3 Å². The summed E-state index contributed by atoms with van der Waals surface area (Å²) in [5, 5.41) is 26.6. The van der Waals surface area contributed by atoms with Gasteiger partial charge in [-0.1, -0.05) is 26.0 Å². The average molecular weight is 480 g/mol. The fourth-order valence-corrected chi connectivity index (χ4v) is 3.08. The molecule has 4 unspecified atom stereocenters. The maximum Gasteiger partial charge on any atom is 0.326 e. The number of carbonyl (C=O) groups excluding carboxylic acids is 3. The minimum Gasteiger partial charge on any atom is -0.508 e. The molecule has 0 saturated carbocycles. The Kier molecular flexibility index (Phi) is 12.0. The van der Waals surface area contributed by atoms with Gasteiger partial charge in [-0.15, -0.1) is 0 Å². The first-order chi connectivity index (χ1) is 16.0. The first-order valence-electron chi connectivity index (χ1n) is 11.3. The number of carboxylic acid groups (broad SMARTS) is 1. The molecule has 0 aliphatic rings. The van der Waals surface area contributed by atoms with Crippen molar-refractivity contribution in [1.29, 1.82) is 0 Å². The molecule has 9 N–H and O–H groups in total. The van der Waals surface area contributed by atoms with E-state index in [1.54, 1.807) is 26.0 Å². The predicted molar refractivity (Wildman–Crippen MR) is 127 cm³/mol. The molecule has 1 aromatic carbocycles. The number of carbonyl (C=O) groups is 4. The number of phenols is 1. The largest absolute Gasteiger partial charge is 0.508 e. The number of unbranched alkanes of at least 4 members (excludes halogenated alkanes) is 1. The molecule has 11 heteroatoms. The molecule has 3 amide bonds. The van der Waals surface area contributed by atoms with E-state index in [0.29, 0.717) is 24.9 Å². The van der Waals surface area contributed by atoms with Gasteiger partial charge in [-0.2, -0.15) is 0 Å². The maximum absolute atomic E-state index is 12.9. The molecular weight excluding hydrogens is 442 g/mol. The van der Waals surface area contributed by atoms with Crippen molar-refractivity contribution in [2.24, 2.45) is 17.4 Å². The molecule has 0 aliphatic carbocycles. The van der Waals surface area contributed by atoms with E-state index in [1.165, 1.54) is 19.1 Å². The molecule has 0 heterocycles. The molecule has 0 bridgehead atoms. The van der Waals surface area contributed by atoms with Gasteiger partial charge in [0.2, 0.25) is 17.7 Å². The fourth-order valence-electron chi connectivity index (χ4n) is 3.08. The van der Waals surface area contributed by atoms with Crippen LogP contribution in [-0.4, -0.2) is 64.6 Å². The molecule has 190 valence electrons. The molecule has 1 aromatic rings. The summed E-state index contributed by atoms with van der Waals surface area (Å²) in [6.07, 6.45) is 1.38. The van der Waals surface area contributed by atoms with Crippen molar-refractivity contribution in [2.45, 2.75) is 70.6 Å². The van der Waals surface area contributed by atoms with Gasteiger partial charge in [0.25, 0.3) is 0 Å². The summed E-state index contributed by atoms with van der Waals surface area (Å²) in [5.41, 5.74) is 11.9. The lowest BCUT2D eigenvalue weighted by molar-refractivity contribution is -0.142. The Morgan fingerprint density at radius 1 is 0.882 bits per heavy atom. The van der Waals surface area contributed by atoms with Gasteiger partial charge in [0, 0.05) is 6.42 Å². The fraction of sp³-hybridized carbons (Fsp3) is 0.565. The van der Waals surface area contributed by atoms with Gasteiger partial charge in [0.05, 0.1) is 6.04 Å². The second-order valence-electron chi connectivity index (χ2n) is 8.62. The third-order valence-corrected chi connectivity index (χ3v) is 5.34. The van der Waals surface area contributed by atoms with Crippen LogP contribution in [0.15, 0.2) is 24.3 Å². The van der Waals surface area contributed by atoms with E-state index in [2.05, 4.69) is 16.0 Å². The van der Waals surface area contributed by atoms with Crippen molar-refractivity contribution in [3.05, 3.63) is 29.8 Å². The number of amides is 3. The van der Waals surface area contributed by atoms with Gasteiger partial charge >= 0.3 is 5.97 Å². The Bertz CT molecular complexity index is 830. The number of nitrogens with two attached hydrogens (primary N) is 2. The smallest absolute Gasteiger partial charge is 0.326 e. The quantitative estimate of drug-likeness (QED) is 0.175. The highest BCUT2D eigenvalue weighted by molar-refractivity contribution is 5.93. The Morgan fingerprint density at radius 3 is 2.00 bits per heavy atom. The average Bonchev–Trinajstić information content (AvgIpc) is 2.78. The van der Waals surface area contributed by atoms with Crippen LogP contribution in [-0.2, 0) is 25.6 Å². The molecule has 0 fully saturated rings. The van der Waals surface area contributed by atoms with Crippen molar-refractivity contribution in [3.8, 4) is 5.75 Å². The molecule has 4 atom stereocenters. The van der Waals surface area contributed by atoms with Crippen LogP contribution in [0.5, 0.6) is 5.75 Å². The first kappa shape index (κ1) is 28.9. The maximum atomic E-state index is 12.9. The highest BCUT2D eigenvalue weighted by Gasteiger charge is 2.29. The number of aromatic hydroxyl groups is 1. The number of phenolic OH excluding ortho intramolecular Hbond substituents is 1. The zero-order valence-corrected chi connectivity index (χ0v) is 19.9. The van der Waals surface area contributed by atoms with Crippen LogP contribution in [0, 0.1) is 5.92 Å². The molecule has 0 spiro atoms. The lowest BCUT2D eigenvalue weighted by Crippen LogP contribution is -2.57. The molecular formula is C23H37N5O6. The standard InChI is InChI=1S/C23H37N5O6/c1-13(2)19(25)22(32)26-14(3)20(30)27-17(6-4-5-11-24)21(31)28-18(23(33)34)12-15-7-9-16(29)10-8-15/h7-10,13-14,17-19,29H,4-6,11-12,24-25H2,1-3H3,(H,26,32)(H,27,30)(H,28,31)(H,33,34). The van der Waals surface area contributed by atoms with Crippen molar-refractivity contribution in [3.63, 3.8) is 0 Å². The topological polar surface area (TPSA) is 197 Å². The van der Waals surface area contributed by atoms with Gasteiger partial charge in [-0.3, -0.25) is 14.4 Å². The van der Waals surface area contributed by atoms with E-state index in [0.717, 1.165) is 0 Å². The molecule has 0 saturated heterocycles. The van der Waals surface area contributed by atoms with Gasteiger partial charge in [-0.25, -0.2) is 4.79 Å². The second kappa shape index (κ2) is 14.2. The molecule has 0 aliphatic heterocycles. The summed E-state index contributed by atoms with van der Waals surface area (Å²) in [7, 11) is 0. The van der Waals surface area contributed by atoms with Crippen LogP contribution in [0.2, 0.25) is 0 Å². The monoisotopic (exact) mass is 479 g/mol. The number of hydrogen-bond acceptors (Lipinski definition) is 7. The normalized spacial score (nSPS) is 14.5. The van der Waals surface area contributed by atoms with E-state index in [9.17, 15) is 29.4 Å². The number of benzene rings is 1. The SMILES string of the molecule is CC(NC(=O)C(N)C(C)C)C(=O)NC(CCCCN)C(=O)NC(Cc1ccc(O)cc1)C(=O)O. The van der Waals surface area contributed by atoms with E-state index >= 15 is 0 Å². The lowest BCUT2D eigenvalue weighted by Gasteiger charge is -2.24. The van der Waals surface area contributed by atoms with Crippen molar-refractivity contribution in [1.82, 2.24) is 16.0 Å². The summed E-state index contributed by atoms with van der Waals surface area (Å²) in [5.74, 6) is -3.06. The minimum absolute atomic E-state index is 0.00955. The summed E-state index contributed by atoms with van der Waals surface area (Å²) in [6, 6.07) is 1.98. The van der Waals surface area contributed by atoms with Crippen LogP contribution in [0.1, 0.15) is 45.6 Å². The minimum atomic E-state index is -1.24. The molecule has 0 aromatic heterocycles. The highest BCUT2D eigenvalue weighted by Crippen LogP contribution is 2.12. The van der Waals surface area contributed by atoms with Crippen molar-refractivity contribution in [2.75, 3.05) is 6.54 Å². The molecule has 1 rings (SSSR count). The second-order valence-corrected chi connectivity index (χ2v) is 8.62. The third-order valence-electron chi connectivity index (χ3n) is 5.34. The van der Waals surface area contributed by atoms with Crippen LogP contribution in [0.25, 0.3) is 0 Å². The Labute approximate surface area is 199 Å². The number of carboxylic acids is 1. The first-order valence-corrected chi connectivity index (χ1v) is 11.3. The van der Waals surface area contributed by atoms with Crippen LogP contribution in [0.3, 0.4) is 0 Å². The van der Waals surface area contributed by atoms with E-state index < -0.39 is 47.9 Å². The van der Waals surface area contributed by atoms with E-state index in [4.69, 9.17) is 11.5 Å². The van der Waals surface area contributed by atoms with Crippen LogP contribution >= 0.6 is 0 Å². The van der Waals surface area contributed by atoms with E-state index in [-0.39, 0.29) is 24.5 Å². The third kappa shape index (κ3) is 9.75. The molecule has 34 heavy (non-hydrogen) atoms. The molecule has 0 radical (unpaired) electrons. The van der Waals surface area contributed by atoms with E-state index in [1.807, 2.05) is 0 Å². The summed E-state index contributed by atoms with van der Waals surface area (Å²) >= 11 is 0. The summed E-state index contributed by atoms with van der Waals surface area (Å²) < 4.78 is 0. The lowest BCUT2D eigenvalue weighted by atomic mass is 10.0. The van der Waals surface area contributed by atoms with Crippen molar-refractivity contribution >= 4 is 23.7 Å². The zero-order chi connectivity index (χ0) is 25.8. The summed E-state index contributed by atoms with van der Waals surface area (Å²) in [4.78, 5) is 49.4. The van der Waals surface area contributed by atoms with Crippen molar-refractivity contribution < 1.29 is 29.4 Å². The van der Waals surface area contributed by atoms with Crippen LogP contribution < -0.4 is 27.4 Å². The molecule has 11 nitrogen and oxygen atoms in total. The Balaban J connectivity index is 2.87. The van der Waals surface area contributed by atoms with Gasteiger partial charge < -0.3 is 37.6 Å². The Morgan fingerprint density at radius 2 is 1.47 bits per heavy atom. The number of rotatable bonds is 14. The van der Waals surface area contributed by atoms with Gasteiger partial charge in [0.1, 0.15) is 23.9 Å².